The van der Waals surface area contributed by atoms with Gasteiger partial charge in [0.05, 0.1) is 10.8 Å². The lowest BCUT2D eigenvalue weighted by Crippen LogP contribution is -2.48. The summed E-state index contributed by atoms with van der Waals surface area (Å²) >= 11 is 0. The number of aliphatic hydroxyl groups is 1. The predicted octanol–water partition coefficient (Wildman–Crippen LogP) is 2.19. The van der Waals surface area contributed by atoms with Crippen LogP contribution in [0.3, 0.4) is 0 Å². The minimum atomic E-state index is -1.23. The second-order valence-electron chi connectivity index (χ2n) is 7.70. The van der Waals surface area contributed by atoms with Gasteiger partial charge in [-0.15, -0.1) is 0 Å². The average molecular weight is 433 g/mol. The molecular formula is C22H28N2O3S2. The maximum Gasteiger partial charge on any atom is 0.0855 e. The molecule has 0 aliphatic carbocycles. The van der Waals surface area contributed by atoms with Crippen LogP contribution in [0.25, 0.3) is 0 Å². The van der Waals surface area contributed by atoms with Crippen molar-refractivity contribution in [3.05, 3.63) is 53.6 Å². The van der Waals surface area contributed by atoms with Crippen LogP contribution in [0.5, 0.6) is 0 Å². The Morgan fingerprint density at radius 2 is 1.86 bits per heavy atom. The summed E-state index contributed by atoms with van der Waals surface area (Å²) < 4.78 is 25.5. The van der Waals surface area contributed by atoms with Crippen molar-refractivity contribution in [1.29, 1.82) is 0 Å². The van der Waals surface area contributed by atoms with Crippen molar-refractivity contribution in [3.63, 3.8) is 0 Å². The topological polar surface area (TPSA) is 60.9 Å². The number of piperazine rings is 1. The molecule has 0 amide bonds. The smallest absolute Gasteiger partial charge is 0.0855 e. The van der Waals surface area contributed by atoms with Gasteiger partial charge in [-0.25, -0.2) is 4.21 Å². The number of aliphatic hydroxyl groups excluding tert-OH is 1. The van der Waals surface area contributed by atoms with Gasteiger partial charge in [-0.2, -0.15) is 0 Å². The van der Waals surface area contributed by atoms with E-state index in [9.17, 15) is 8.42 Å². The van der Waals surface area contributed by atoms with Crippen LogP contribution in [0.1, 0.15) is 23.6 Å². The van der Waals surface area contributed by atoms with E-state index in [1.54, 1.807) is 6.26 Å². The number of rotatable bonds is 5. The molecule has 29 heavy (non-hydrogen) atoms. The number of hydrogen-bond acceptors (Lipinski definition) is 5. The SMILES string of the molecule is C[S@](=O)c1ccc2c(c1)[C@@H](N1CCN(CCCO)CC1)Cc1ccccc1[S@@]2=O. The lowest BCUT2D eigenvalue weighted by molar-refractivity contribution is 0.0898. The quantitative estimate of drug-likeness (QED) is 0.785. The molecule has 0 bridgehead atoms. The highest BCUT2D eigenvalue weighted by Crippen LogP contribution is 2.38. The van der Waals surface area contributed by atoms with Gasteiger partial charge in [-0.05, 0) is 48.2 Å². The largest absolute Gasteiger partial charge is 0.396 e. The summed E-state index contributed by atoms with van der Waals surface area (Å²) in [7, 11) is -2.30. The summed E-state index contributed by atoms with van der Waals surface area (Å²) in [5, 5.41) is 9.09. The van der Waals surface area contributed by atoms with Gasteiger partial charge in [0.25, 0.3) is 0 Å². The van der Waals surface area contributed by atoms with Crippen molar-refractivity contribution in [1.82, 2.24) is 9.80 Å². The molecule has 5 nitrogen and oxygen atoms in total. The van der Waals surface area contributed by atoms with E-state index in [1.807, 2.05) is 36.4 Å². The normalized spacial score (nSPS) is 23.8. The number of fused-ring (bicyclic) bond motifs is 2. The fraction of sp³-hybridized carbons (Fsp3) is 0.455. The van der Waals surface area contributed by atoms with Crippen molar-refractivity contribution in [3.8, 4) is 0 Å². The lowest BCUT2D eigenvalue weighted by Gasteiger charge is -2.39. The molecule has 7 heteroatoms. The number of nitrogens with zero attached hydrogens (tertiary/aromatic N) is 2. The van der Waals surface area contributed by atoms with Crippen molar-refractivity contribution < 1.29 is 13.5 Å². The summed E-state index contributed by atoms with van der Waals surface area (Å²) in [6, 6.07) is 13.9. The molecule has 2 aromatic rings. The second-order valence-corrected chi connectivity index (χ2v) is 10.5. The van der Waals surface area contributed by atoms with E-state index in [0.717, 1.165) is 71.4 Å². The maximum absolute atomic E-state index is 13.4. The second kappa shape index (κ2) is 9.18. The third-order valence-corrected chi connectivity index (χ3v) is 8.42. The van der Waals surface area contributed by atoms with Crippen LogP contribution in [0.2, 0.25) is 0 Å². The molecule has 2 aliphatic rings. The van der Waals surface area contributed by atoms with Gasteiger partial charge < -0.3 is 10.0 Å². The first kappa shape index (κ1) is 20.9. The Labute approximate surface area is 177 Å². The average Bonchev–Trinajstić information content (AvgIpc) is 2.87. The van der Waals surface area contributed by atoms with Crippen molar-refractivity contribution in [2.24, 2.45) is 0 Å². The highest BCUT2D eigenvalue weighted by atomic mass is 32.2. The van der Waals surface area contributed by atoms with Crippen molar-refractivity contribution in [2.75, 3.05) is 45.6 Å². The van der Waals surface area contributed by atoms with Crippen LogP contribution in [-0.4, -0.2) is 68.9 Å². The van der Waals surface area contributed by atoms with Gasteiger partial charge in [0.1, 0.15) is 0 Å². The van der Waals surface area contributed by atoms with Gasteiger partial charge in [0, 0.05) is 77.1 Å². The Hall–Kier alpha value is -1.38. The first-order chi connectivity index (χ1) is 14.1. The fourth-order valence-corrected chi connectivity index (χ4v) is 6.33. The van der Waals surface area contributed by atoms with E-state index in [0.29, 0.717) is 0 Å². The molecule has 1 N–H and O–H groups in total. The number of hydrogen-bond donors (Lipinski definition) is 1. The highest BCUT2D eigenvalue weighted by molar-refractivity contribution is 7.85. The first-order valence-corrected chi connectivity index (χ1v) is 12.8. The minimum Gasteiger partial charge on any atom is -0.396 e. The third-order valence-electron chi connectivity index (χ3n) is 5.94. The molecule has 3 atom stereocenters. The predicted molar refractivity (Wildman–Crippen MR) is 116 cm³/mol. The van der Waals surface area contributed by atoms with Crippen molar-refractivity contribution >= 4 is 21.6 Å². The van der Waals surface area contributed by atoms with Crippen LogP contribution >= 0.6 is 0 Å². The van der Waals surface area contributed by atoms with E-state index in [2.05, 4.69) is 15.9 Å². The van der Waals surface area contributed by atoms with E-state index in [4.69, 9.17) is 5.11 Å². The van der Waals surface area contributed by atoms with Gasteiger partial charge in [0.15, 0.2) is 0 Å². The first-order valence-electron chi connectivity index (χ1n) is 10.1. The molecule has 0 aromatic heterocycles. The van der Waals surface area contributed by atoms with Crippen LogP contribution in [0.4, 0.5) is 0 Å². The molecule has 1 saturated heterocycles. The van der Waals surface area contributed by atoms with Gasteiger partial charge in [-0.3, -0.25) is 9.11 Å². The molecule has 1 fully saturated rings. The zero-order valence-electron chi connectivity index (χ0n) is 16.8. The van der Waals surface area contributed by atoms with E-state index >= 15 is 0 Å². The summed E-state index contributed by atoms with van der Waals surface area (Å²) in [6.07, 6.45) is 3.31. The molecule has 0 unspecified atom stereocenters. The summed E-state index contributed by atoms with van der Waals surface area (Å²) in [6.45, 7) is 4.96. The molecule has 156 valence electrons. The molecule has 2 aliphatic heterocycles. The van der Waals surface area contributed by atoms with Crippen LogP contribution in [-0.2, 0) is 28.0 Å². The Morgan fingerprint density at radius 3 is 2.59 bits per heavy atom. The summed E-state index contributed by atoms with van der Waals surface area (Å²) in [5.74, 6) is 0. The molecule has 4 rings (SSSR count). The highest BCUT2D eigenvalue weighted by Gasteiger charge is 2.32. The van der Waals surface area contributed by atoms with Gasteiger partial charge >= 0.3 is 0 Å². The lowest BCUT2D eigenvalue weighted by atomic mass is 9.96. The van der Waals surface area contributed by atoms with E-state index in [-0.39, 0.29) is 12.6 Å². The van der Waals surface area contributed by atoms with E-state index in [1.165, 1.54) is 0 Å². The fourth-order valence-electron chi connectivity index (χ4n) is 4.34. The molecule has 2 aromatic carbocycles. The van der Waals surface area contributed by atoms with Crippen LogP contribution in [0.15, 0.2) is 57.2 Å². The maximum atomic E-state index is 13.4. The van der Waals surface area contributed by atoms with Crippen molar-refractivity contribution in [2.45, 2.75) is 33.6 Å². The summed E-state index contributed by atoms with van der Waals surface area (Å²) in [4.78, 5) is 7.41. The zero-order valence-corrected chi connectivity index (χ0v) is 18.4. The van der Waals surface area contributed by atoms with Crippen LogP contribution < -0.4 is 0 Å². The molecule has 0 spiro atoms. The Kier molecular flexibility index (Phi) is 6.61. The standard InChI is InChI=1S/C22H28N2O3S2/c1-28(26)18-7-8-22-19(16-18)20(15-17-5-2-3-6-21(17)29(22)27)24-12-10-23(11-13-24)9-4-14-25/h2-3,5-8,16,20,25H,4,9-15H2,1H3/t20-,28-,29-/m0/s1. The Morgan fingerprint density at radius 1 is 1.10 bits per heavy atom. The van der Waals surface area contributed by atoms with Gasteiger partial charge in [-0.1, -0.05) is 18.2 Å². The number of benzene rings is 2. The monoisotopic (exact) mass is 432 g/mol. The minimum absolute atomic E-state index is 0.126. The molecule has 2 heterocycles. The Balaban J connectivity index is 1.69. The van der Waals surface area contributed by atoms with Gasteiger partial charge in [0.2, 0.25) is 0 Å². The molecule has 0 radical (unpaired) electrons. The zero-order chi connectivity index (χ0) is 20.4. The Bertz CT molecular complexity index is 926. The van der Waals surface area contributed by atoms with E-state index < -0.39 is 21.6 Å². The molecular weight excluding hydrogens is 404 g/mol. The molecule has 0 saturated carbocycles. The summed E-state index contributed by atoms with van der Waals surface area (Å²) in [5.41, 5.74) is 2.19. The van der Waals surface area contributed by atoms with Crippen LogP contribution in [0, 0.1) is 0 Å². The third kappa shape index (κ3) is 4.39.